The van der Waals surface area contributed by atoms with E-state index in [1.165, 1.54) is 5.56 Å². The maximum atomic E-state index is 4.43. The van der Waals surface area contributed by atoms with Gasteiger partial charge in [-0.25, -0.2) is 0 Å². The number of benzene rings is 1. The maximum Gasteiger partial charge on any atom is 0.0812 e. The van der Waals surface area contributed by atoms with Crippen molar-refractivity contribution in [2.75, 3.05) is 6.54 Å². The van der Waals surface area contributed by atoms with Gasteiger partial charge in [-0.15, -0.1) is 0 Å². The SMILES string of the molecule is C(=NCCc1ccc(N=Cc2ccccn2)cc1)c1ccccn1. The number of hydrogen-bond donors (Lipinski definition) is 0. The molecule has 0 N–H and O–H groups in total. The van der Waals surface area contributed by atoms with Crippen LogP contribution in [0, 0.1) is 0 Å². The van der Waals surface area contributed by atoms with E-state index in [-0.39, 0.29) is 0 Å². The summed E-state index contributed by atoms with van der Waals surface area (Å²) in [7, 11) is 0. The lowest BCUT2D eigenvalue weighted by atomic mass is 10.1. The Kier molecular flexibility index (Phi) is 5.56. The van der Waals surface area contributed by atoms with Crippen LogP contribution in [-0.2, 0) is 6.42 Å². The Bertz CT molecular complexity index is 794. The van der Waals surface area contributed by atoms with E-state index >= 15 is 0 Å². The summed E-state index contributed by atoms with van der Waals surface area (Å²) in [6.45, 7) is 0.743. The monoisotopic (exact) mass is 314 g/mol. The highest BCUT2D eigenvalue weighted by atomic mass is 14.8. The van der Waals surface area contributed by atoms with Gasteiger partial charge < -0.3 is 0 Å². The van der Waals surface area contributed by atoms with Gasteiger partial charge in [-0.2, -0.15) is 0 Å². The van der Waals surface area contributed by atoms with E-state index in [0.29, 0.717) is 0 Å². The minimum Gasteiger partial charge on any atom is -0.291 e. The van der Waals surface area contributed by atoms with Crippen LogP contribution in [0.3, 0.4) is 0 Å². The molecule has 0 aliphatic rings. The molecule has 0 aliphatic heterocycles. The van der Waals surface area contributed by atoms with Crippen molar-refractivity contribution in [1.29, 1.82) is 0 Å². The summed E-state index contributed by atoms with van der Waals surface area (Å²) in [6, 6.07) is 19.8. The Morgan fingerprint density at radius 2 is 1.42 bits per heavy atom. The lowest BCUT2D eigenvalue weighted by molar-refractivity contribution is 0.972. The molecule has 0 radical (unpaired) electrons. The molecule has 0 saturated carbocycles. The highest BCUT2D eigenvalue weighted by Gasteiger charge is 1.94. The average Bonchev–Trinajstić information content (AvgIpc) is 2.66. The molecule has 0 amide bonds. The van der Waals surface area contributed by atoms with Crippen LogP contribution in [-0.4, -0.2) is 28.9 Å². The van der Waals surface area contributed by atoms with Gasteiger partial charge in [0, 0.05) is 25.2 Å². The average molecular weight is 314 g/mol. The summed E-state index contributed by atoms with van der Waals surface area (Å²) >= 11 is 0. The van der Waals surface area contributed by atoms with Gasteiger partial charge in [0.25, 0.3) is 0 Å². The number of nitrogens with zero attached hydrogens (tertiary/aromatic N) is 4. The number of rotatable bonds is 6. The van der Waals surface area contributed by atoms with E-state index in [2.05, 4.69) is 32.1 Å². The second kappa shape index (κ2) is 8.48. The Morgan fingerprint density at radius 1 is 0.750 bits per heavy atom. The third-order valence-corrected chi connectivity index (χ3v) is 3.41. The van der Waals surface area contributed by atoms with Crippen molar-refractivity contribution in [3.63, 3.8) is 0 Å². The number of pyridine rings is 2. The Balaban J connectivity index is 1.51. The molecule has 0 unspecified atom stereocenters. The fourth-order valence-corrected chi connectivity index (χ4v) is 2.15. The first kappa shape index (κ1) is 15.7. The van der Waals surface area contributed by atoms with Crippen LogP contribution in [0.25, 0.3) is 0 Å². The summed E-state index contributed by atoms with van der Waals surface area (Å²) in [6.07, 6.45) is 8.01. The topological polar surface area (TPSA) is 50.5 Å². The van der Waals surface area contributed by atoms with Crippen molar-refractivity contribution >= 4 is 18.1 Å². The van der Waals surface area contributed by atoms with Crippen LogP contribution >= 0.6 is 0 Å². The standard InChI is InChI=1S/C20H18N4/c1-3-12-22-19(5-1)15-21-14-11-17-7-9-18(10-8-17)24-16-20-6-2-4-13-23-20/h1-10,12-13,15-16H,11,14H2. The van der Waals surface area contributed by atoms with E-state index in [9.17, 15) is 0 Å². The van der Waals surface area contributed by atoms with Gasteiger partial charge >= 0.3 is 0 Å². The Labute approximate surface area is 141 Å². The third kappa shape index (κ3) is 4.95. The first-order valence-electron chi connectivity index (χ1n) is 7.85. The Morgan fingerprint density at radius 3 is 2.04 bits per heavy atom. The Hall–Kier alpha value is -3.14. The molecular weight excluding hydrogens is 296 g/mol. The normalized spacial score (nSPS) is 11.3. The molecule has 0 aliphatic carbocycles. The molecule has 24 heavy (non-hydrogen) atoms. The van der Waals surface area contributed by atoms with E-state index < -0.39 is 0 Å². The van der Waals surface area contributed by atoms with Crippen molar-refractivity contribution in [2.24, 2.45) is 9.98 Å². The molecule has 0 bridgehead atoms. The van der Waals surface area contributed by atoms with Gasteiger partial charge in [0.1, 0.15) is 0 Å². The number of aliphatic imine (C=N–C) groups is 2. The molecule has 4 heteroatoms. The molecule has 3 aromatic rings. The predicted molar refractivity (Wildman–Crippen MR) is 98.3 cm³/mol. The molecule has 2 heterocycles. The van der Waals surface area contributed by atoms with Crippen molar-refractivity contribution in [3.8, 4) is 0 Å². The minimum atomic E-state index is 0.743. The van der Waals surface area contributed by atoms with Crippen LogP contribution in [0.5, 0.6) is 0 Å². The van der Waals surface area contributed by atoms with Crippen molar-refractivity contribution < 1.29 is 0 Å². The third-order valence-electron chi connectivity index (χ3n) is 3.41. The van der Waals surface area contributed by atoms with Crippen LogP contribution in [0.4, 0.5) is 5.69 Å². The van der Waals surface area contributed by atoms with Gasteiger partial charge in [0.15, 0.2) is 0 Å². The van der Waals surface area contributed by atoms with E-state index in [1.807, 2.05) is 54.7 Å². The molecule has 0 saturated heterocycles. The quantitative estimate of drug-likeness (QED) is 0.648. The minimum absolute atomic E-state index is 0.743. The highest BCUT2D eigenvalue weighted by Crippen LogP contribution is 2.13. The number of aromatic nitrogens is 2. The summed E-state index contributed by atoms with van der Waals surface area (Å²) in [4.78, 5) is 17.3. The first-order valence-corrected chi connectivity index (χ1v) is 7.85. The molecule has 4 nitrogen and oxygen atoms in total. The molecule has 0 atom stereocenters. The lowest BCUT2D eigenvalue weighted by Gasteiger charge is -1.99. The zero-order chi connectivity index (χ0) is 16.5. The number of hydrogen-bond acceptors (Lipinski definition) is 4. The van der Waals surface area contributed by atoms with Crippen LogP contribution in [0.1, 0.15) is 17.0 Å². The van der Waals surface area contributed by atoms with E-state index in [4.69, 9.17) is 0 Å². The molecular formula is C20H18N4. The highest BCUT2D eigenvalue weighted by molar-refractivity contribution is 5.79. The smallest absolute Gasteiger partial charge is 0.0812 e. The zero-order valence-corrected chi connectivity index (χ0v) is 13.3. The molecule has 3 rings (SSSR count). The van der Waals surface area contributed by atoms with Crippen molar-refractivity contribution in [3.05, 3.63) is 90.0 Å². The van der Waals surface area contributed by atoms with Gasteiger partial charge in [0.05, 0.1) is 23.3 Å². The van der Waals surface area contributed by atoms with Gasteiger partial charge in [-0.05, 0) is 48.4 Å². The first-order chi connectivity index (χ1) is 11.9. The molecule has 2 aromatic heterocycles. The predicted octanol–water partition coefficient (Wildman–Crippen LogP) is 3.89. The second-order valence-electron chi connectivity index (χ2n) is 5.22. The van der Waals surface area contributed by atoms with Gasteiger partial charge in [-0.1, -0.05) is 24.3 Å². The fraction of sp³-hybridized carbons (Fsp3) is 0.100. The van der Waals surface area contributed by atoms with Gasteiger partial charge in [-0.3, -0.25) is 20.0 Å². The largest absolute Gasteiger partial charge is 0.291 e. The molecule has 0 fully saturated rings. The molecule has 1 aromatic carbocycles. The zero-order valence-electron chi connectivity index (χ0n) is 13.3. The summed E-state index contributed by atoms with van der Waals surface area (Å²) in [5.41, 5.74) is 3.90. The maximum absolute atomic E-state index is 4.43. The van der Waals surface area contributed by atoms with Crippen molar-refractivity contribution in [1.82, 2.24) is 9.97 Å². The van der Waals surface area contributed by atoms with E-state index in [0.717, 1.165) is 30.0 Å². The molecule has 118 valence electrons. The second-order valence-corrected chi connectivity index (χ2v) is 5.22. The summed E-state index contributed by atoms with van der Waals surface area (Å²) in [5.74, 6) is 0. The summed E-state index contributed by atoms with van der Waals surface area (Å²) < 4.78 is 0. The van der Waals surface area contributed by atoms with E-state index in [1.54, 1.807) is 18.6 Å². The molecule has 0 spiro atoms. The van der Waals surface area contributed by atoms with Crippen LogP contribution in [0.2, 0.25) is 0 Å². The van der Waals surface area contributed by atoms with Crippen LogP contribution in [0.15, 0.2) is 83.0 Å². The van der Waals surface area contributed by atoms with Crippen LogP contribution < -0.4 is 0 Å². The fourth-order valence-electron chi connectivity index (χ4n) is 2.15. The summed E-state index contributed by atoms with van der Waals surface area (Å²) in [5, 5.41) is 0. The van der Waals surface area contributed by atoms with Crippen molar-refractivity contribution in [2.45, 2.75) is 6.42 Å². The van der Waals surface area contributed by atoms with Gasteiger partial charge in [0.2, 0.25) is 0 Å². The lowest BCUT2D eigenvalue weighted by Crippen LogP contribution is -1.91.